The minimum absolute atomic E-state index is 0.0934. The highest BCUT2D eigenvalue weighted by Crippen LogP contribution is 2.28. The topological polar surface area (TPSA) is 78.1 Å². The van der Waals surface area contributed by atoms with Crippen LogP contribution in [0, 0.1) is 0 Å². The Kier molecular flexibility index (Phi) is 8.25. The Hall–Kier alpha value is -2.93. The van der Waals surface area contributed by atoms with Crippen molar-refractivity contribution >= 4 is 17.3 Å². The van der Waals surface area contributed by atoms with Crippen molar-refractivity contribution in [3.63, 3.8) is 0 Å². The second-order valence-electron chi connectivity index (χ2n) is 5.54. The third-order valence-corrected chi connectivity index (χ3v) is 3.68. The summed E-state index contributed by atoms with van der Waals surface area (Å²) in [5, 5.41) is 5.88. The molecule has 0 aliphatic carbocycles. The zero-order chi connectivity index (χ0) is 19.5. The van der Waals surface area contributed by atoms with Gasteiger partial charge in [0.25, 0.3) is 0 Å². The second-order valence-corrected chi connectivity index (χ2v) is 5.54. The molecule has 2 N–H and O–H groups in total. The van der Waals surface area contributed by atoms with Gasteiger partial charge in [0.2, 0.25) is 5.91 Å². The van der Waals surface area contributed by atoms with Crippen LogP contribution in [0.5, 0.6) is 17.2 Å². The van der Waals surface area contributed by atoms with Gasteiger partial charge < -0.3 is 29.6 Å². The van der Waals surface area contributed by atoms with E-state index in [-0.39, 0.29) is 12.5 Å². The highest BCUT2D eigenvalue weighted by molar-refractivity contribution is 5.94. The van der Waals surface area contributed by atoms with Gasteiger partial charge in [-0.1, -0.05) is 0 Å². The predicted octanol–water partition coefficient (Wildman–Crippen LogP) is 3.17. The van der Waals surface area contributed by atoms with Crippen molar-refractivity contribution in [2.75, 3.05) is 51.2 Å². The first kappa shape index (κ1) is 20.4. The van der Waals surface area contributed by atoms with Gasteiger partial charge in [0.05, 0.1) is 33.1 Å². The van der Waals surface area contributed by atoms with Crippen LogP contribution < -0.4 is 24.8 Å². The van der Waals surface area contributed by atoms with Gasteiger partial charge in [-0.05, 0) is 43.3 Å². The summed E-state index contributed by atoms with van der Waals surface area (Å²) in [7, 11) is 3.16. The highest BCUT2D eigenvalue weighted by atomic mass is 16.5. The van der Waals surface area contributed by atoms with Crippen LogP contribution in [-0.4, -0.2) is 46.5 Å². The molecule has 2 aromatic rings. The second kappa shape index (κ2) is 10.9. The van der Waals surface area contributed by atoms with E-state index in [0.717, 1.165) is 5.75 Å². The molecule has 7 heteroatoms. The van der Waals surface area contributed by atoms with E-state index in [2.05, 4.69) is 10.6 Å². The molecule has 0 aliphatic rings. The predicted molar refractivity (Wildman–Crippen MR) is 105 cm³/mol. The number of methoxy groups -OCH3 is 2. The molecule has 0 fully saturated rings. The molecule has 0 heterocycles. The van der Waals surface area contributed by atoms with E-state index >= 15 is 0 Å². The molecule has 0 spiro atoms. The molecule has 7 nitrogen and oxygen atoms in total. The average molecular weight is 374 g/mol. The van der Waals surface area contributed by atoms with Crippen molar-refractivity contribution in [1.29, 1.82) is 0 Å². The summed E-state index contributed by atoms with van der Waals surface area (Å²) in [4.78, 5) is 12.2. The van der Waals surface area contributed by atoms with Crippen molar-refractivity contribution in [1.82, 2.24) is 0 Å². The normalized spacial score (nSPS) is 10.2. The smallest absolute Gasteiger partial charge is 0.243 e. The Morgan fingerprint density at radius 2 is 1.70 bits per heavy atom. The number of anilines is 2. The molecule has 0 saturated carbocycles. The number of amides is 1. The Labute approximate surface area is 159 Å². The monoisotopic (exact) mass is 374 g/mol. The molecule has 2 rings (SSSR count). The minimum atomic E-state index is -0.176. The molecule has 0 radical (unpaired) electrons. The first-order valence-corrected chi connectivity index (χ1v) is 8.72. The summed E-state index contributed by atoms with van der Waals surface area (Å²) in [6.07, 6.45) is 0. The summed E-state index contributed by atoms with van der Waals surface area (Å²) in [5.41, 5.74) is 1.38. The number of carbonyl (C=O) groups excluding carboxylic acids is 1. The number of nitrogens with one attached hydrogen (secondary N) is 2. The van der Waals surface area contributed by atoms with Crippen LogP contribution in [-0.2, 0) is 9.53 Å². The highest BCUT2D eigenvalue weighted by Gasteiger charge is 2.08. The third-order valence-electron chi connectivity index (χ3n) is 3.68. The van der Waals surface area contributed by atoms with E-state index in [9.17, 15) is 4.79 Å². The molecule has 0 atom stereocenters. The first-order valence-electron chi connectivity index (χ1n) is 8.72. The van der Waals surface area contributed by atoms with E-state index in [1.54, 1.807) is 56.7 Å². The fourth-order valence-corrected chi connectivity index (χ4v) is 2.33. The molecule has 0 aromatic heterocycles. The summed E-state index contributed by atoms with van der Waals surface area (Å²) >= 11 is 0. The molecule has 1 amide bonds. The molecular weight excluding hydrogens is 348 g/mol. The lowest BCUT2D eigenvalue weighted by atomic mass is 10.2. The lowest BCUT2D eigenvalue weighted by Gasteiger charge is -2.13. The number of hydrogen-bond donors (Lipinski definition) is 2. The van der Waals surface area contributed by atoms with E-state index in [1.165, 1.54) is 0 Å². The standard InChI is InChI=1S/C20H26N2O5/c1-4-26-11-12-27-16-7-5-15(6-8-16)22-20(23)14-21-18-13-17(24-2)9-10-19(18)25-3/h5-10,13,21H,4,11-12,14H2,1-3H3,(H,22,23). The van der Waals surface area contributed by atoms with Gasteiger partial charge in [0.1, 0.15) is 23.9 Å². The van der Waals surface area contributed by atoms with Crippen molar-refractivity contribution in [2.24, 2.45) is 0 Å². The molecule has 27 heavy (non-hydrogen) atoms. The molecular formula is C20H26N2O5. The Morgan fingerprint density at radius 3 is 2.37 bits per heavy atom. The SMILES string of the molecule is CCOCCOc1ccc(NC(=O)CNc2cc(OC)ccc2OC)cc1. The van der Waals surface area contributed by atoms with Crippen molar-refractivity contribution < 1.29 is 23.7 Å². The number of ether oxygens (including phenoxy) is 4. The Balaban J connectivity index is 1.83. The zero-order valence-electron chi connectivity index (χ0n) is 15.9. The molecule has 0 saturated heterocycles. The summed E-state index contributed by atoms with van der Waals surface area (Å²) in [6, 6.07) is 12.5. The number of carbonyl (C=O) groups is 1. The van der Waals surface area contributed by atoms with Gasteiger partial charge in [0.15, 0.2) is 0 Å². The lowest BCUT2D eigenvalue weighted by molar-refractivity contribution is -0.114. The van der Waals surface area contributed by atoms with Crippen LogP contribution in [0.1, 0.15) is 6.92 Å². The molecule has 0 bridgehead atoms. The average Bonchev–Trinajstić information content (AvgIpc) is 2.70. The van der Waals surface area contributed by atoms with E-state index < -0.39 is 0 Å². The molecule has 0 unspecified atom stereocenters. The van der Waals surface area contributed by atoms with E-state index in [4.69, 9.17) is 18.9 Å². The van der Waals surface area contributed by atoms with Crippen LogP contribution in [0.4, 0.5) is 11.4 Å². The van der Waals surface area contributed by atoms with Crippen molar-refractivity contribution in [3.8, 4) is 17.2 Å². The summed E-state index contributed by atoms with van der Waals surface area (Å²) in [5.74, 6) is 1.87. The summed E-state index contributed by atoms with van der Waals surface area (Å²) < 4.78 is 21.2. The fourth-order valence-electron chi connectivity index (χ4n) is 2.33. The number of benzene rings is 2. The van der Waals surface area contributed by atoms with E-state index in [0.29, 0.717) is 42.7 Å². The lowest BCUT2D eigenvalue weighted by Crippen LogP contribution is -2.22. The maximum Gasteiger partial charge on any atom is 0.243 e. The van der Waals surface area contributed by atoms with Crippen LogP contribution >= 0.6 is 0 Å². The summed E-state index contributed by atoms with van der Waals surface area (Å²) in [6.45, 7) is 3.75. The van der Waals surface area contributed by atoms with Gasteiger partial charge in [-0.2, -0.15) is 0 Å². The zero-order valence-corrected chi connectivity index (χ0v) is 15.9. The molecule has 0 aliphatic heterocycles. The van der Waals surface area contributed by atoms with Gasteiger partial charge in [-0.3, -0.25) is 4.79 Å². The van der Waals surface area contributed by atoms with Gasteiger partial charge in [-0.25, -0.2) is 0 Å². The van der Waals surface area contributed by atoms with Gasteiger partial charge >= 0.3 is 0 Å². The van der Waals surface area contributed by atoms with Gasteiger partial charge in [0, 0.05) is 18.4 Å². The number of rotatable bonds is 11. The first-order chi connectivity index (χ1) is 13.2. The van der Waals surface area contributed by atoms with Crippen molar-refractivity contribution in [3.05, 3.63) is 42.5 Å². The van der Waals surface area contributed by atoms with Crippen LogP contribution in [0.2, 0.25) is 0 Å². The molecule has 2 aromatic carbocycles. The Morgan fingerprint density at radius 1 is 0.963 bits per heavy atom. The van der Waals surface area contributed by atoms with Crippen LogP contribution in [0.25, 0.3) is 0 Å². The quantitative estimate of drug-likeness (QED) is 0.588. The largest absolute Gasteiger partial charge is 0.497 e. The maximum atomic E-state index is 12.2. The van der Waals surface area contributed by atoms with Crippen LogP contribution in [0.3, 0.4) is 0 Å². The maximum absolute atomic E-state index is 12.2. The Bertz CT molecular complexity index is 719. The molecule has 146 valence electrons. The number of hydrogen-bond acceptors (Lipinski definition) is 6. The minimum Gasteiger partial charge on any atom is -0.497 e. The van der Waals surface area contributed by atoms with Crippen molar-refractivity contribution in [2.45, 2.75) is 6.92 Å². The van der Waals surface area contributed by atoms with Gasteiger partial charge in [-0.15, -0.1) is 0 Å². The third kappa shape index (κ3) is 6.71. The van der Waals surface area contributed by atoms with Crippen LogP contribution in [0.15, 0.2) is 42.5 Å². The van der Waals surface area contributed by atoms with E-state index in [1.807, 2.05) is 6.92 Å². The fraction of sp³-hybridized carbons (Fsp3) is 0.350.